The summed E-state index contributed by atoms with van der Waals surface area (Å²) >= 11 is 0. The zero-order chi connectivity index (χ0) is 15.6. The summed E-state index contributed by atoms with van der Waals surface area (Å²) in [5, 5.41) is 9.00. The summed E-state index contributed by atoms with van der Waals surface area (Å²) in [6, 6.07) is -0.368. The molecule has 1 atom stereocenters. The molecule has 116 valence electrons. The molecule has 1 aliphatic heterocycles. The molecule has 1 fully saturated rings. The van der Waals surface area contributed by atoms with Crippen molar-refractivity contribution in [2.75, 3.05) is 24.7 Å². The number of nitrogens with zero attached hydrogens (tertiary/aromatic N) is 3. The molecule has 1 N–H and O–H groups in total. The maximum absolute atomic E-state index is 12.6. The smallest absolute Gasteiger partial charge is 0.305 e. The van der Waals surface area contributed by atoms with Crippen LogP contribution in [-0.4, -0.2) is 46.4 Å². The molecule has 0 radical (unpaired) electrons. The normalized spacial score (nSPS) is 19.6. The molecule has 7 heteroatoms. The zero-order valence-corrected chi connectivity index (χ0v) is 12.6. The lowest BCUT2D eigenvalue weighted by molar-refractivity contribution is -0.138. The van der Waals surface area contributed by atoms with Crippen LogP contribution < -0.4 is 10.5 Å². The van der Waals surface area contributed by atoms with Crippen LogP contribution in [0.5, 0.6) is 0 Å². The Morgan fingerprint density at radius 3 is 2.86 bits per heavy atom. The number of carboxylic acid groups (broad SMARTS) is 1. The third kappa shape index (κ3) is 3.41. The summed E-state index contributed by atoms with van der Waals surface area (Å²) in [4.78, 5) is 29.5. The number of carboxylic acids is 1. The quantitative estimate of drug-likeness (QED) is 0.882. The van der Waals surface area contributed by atoms with E-state index in [4.69, 9.17) is 9.84 Å². The minimum atomic E-state index is -0.914. The molecular weight excluding hydrogens is 274 g/mol. The van der Waals surface area contributed by atoms with Gasteiger partial charge in [-0.2, -0.15) is 0 Å². The fraction of sp³-hybridized carbons (Fsp3) is 0.643. The van der Waals surface area contributed by atoms with E-state index in [0.717, 1.165) is 0 Å². The number of morpholine rings is 1. The maximum Gasteiger partial charge on any atom is 0.305 e. The van der Waals surface area contributed by atoms with Crippen LogP contribution in [0, 0.1) is 0 Å². The van der Waals surface area contributed by atoms with Gasteiger partial charge in [0.25, 0.3) is 5.56 Å². The van der Waals surface area contributed by atoms with Crippen LogP contribution in [0.15, 0.2) is 17.2 Å². The maximum atomic E-state index is 12.6. The molecule has 1 unspecified atom stereocenters. The summed E-state index contributed by atoms with van der Waals surface area (Å²) in [7, 11) is 0. The van der Waals surface area contributed by atoms with Crippen LogP contribution >= 0.6 is 0 Å². The number of hydrogen-bond donors (Lipinski definition) is 1. The van der Waals surface area contributed by atoms with E-state index in [1.807, 2.05) is 20.8 Å². The largest absolute Gasteiger partial charge is 0.481 e. The predicted molar refractivity (Wildman–Crippen MR) is 77.7 cm³/mol. The van der Waals surface area contributed by atoms with Crippen LogP contribution in [0.1, 0.15) is 27.2 Å². The van der Waals surface area contributed by atoms with E-state index >= 15 is 0 Å². The molecule has 2 heterocycles. The first-order chi connectivity index (χ1) is 9.80. The average molecular weight is 295 g/mol. The molecule has 0 aliphatic carbocycles. The number of aromatic nitrogens is 2. The summed E-state index contributed by atoms with van der Waals surface area (Å²) in [5.74, 6) is -0.621. The third-order valence-electron chi connectivity index (χ3n) is 3.46. The second-order valence-corrected chi connectivity index (χ2v) is 6.12. The number of carbonyl (C=O) groups is 1. The molecule has 1 aromatic heterocycles. The molecular formula is C14H21N3O4. The van der Waals surface area contributed by atoms with Gasteiger partial charge in [0.2, 0.25) is 0 Å². The van der Waals surface area contributed by atoms with Gasteiger partial charge < -0.3 is 19.3 Å². The minimum absolute atomic E-state index is 0.0778. The number of rotatable bonds is 3. The van der Waals surface area contributed by atoms with Crippen molar-refractivity contribution in [3.8, 4) is 0 Å². The molecule has 0 saturated carbocycles. The van der Waals surface area contributed by atoms with Crippen LogP contribution in [0.4, 0.5) is 5.82 Å². The lowest BCUT2D eigenvalue weighted by atomic mass is 10.1. The monoisotopic (exact) mass is 295 g/mol. The second-order valence-electron chi connectivity index (χ2n) is 6.12. The van der Waals surface area contributed by atoms with Gasteiger partial charge in [0.1, 0.15) is 0 Å². The number of aliphatic carboxylic acids is 1. The van der Waals surface area contributed by atoms with Crippen molar-refractivity contribution in [3.63, 3.8) is 0 Å². The van der Waals surface area contributed by atoms with Crippen LogP contribution in [-0.2, 0) is 15.1 Å². The third-order valence-corrected chi connectivity index (χ3v) is 3.46. The van der Waals surface area contributed by atoms with Gasteiger partial charge in [-0.25, -0.2) is 4.98 Å². The molecule has 1 aromatic rings. The highest BCUT2D eigenvalue weighted by atomic mass is 16.5. The average Bonchev–Trinajstić information content (AvgIpc) is 2.38. The van der Waals surface area contributed by atoms with Crippen LogP contribution in [0.25, 0.3) is 0 Å². The van der Waals surface area contributed by atoms with E-state index in [1.54, 1.807) is 21.9 Å². The fourth-order valence-electron chi connectivity index (χ4n) is 2.43. The Balaban J connectivity index is 2.40. The molecule has 21 heavy (non-hydrogen) atoms. The number of ether oxygens (including phenoxy) is 1. The summed E-state index contributed by atoms with van der Waals surface area (Å²) in [6.07, 6.45) is 3.15. The lowest BCUT2D eigenvalue weighted by Crippen LogP contribution is -2.50. The van der Waals surface area contributed by atoms with Crippen molar-refractivity contribution in [1.29, 1.82) is 0 Å². The first kappa shape index (κ1) is 15.5. The predicted octanol–water partition coefficient (Wildman–Crippen LogP) is 0.678. The first-order valence-electron chi connectivity index (χ1n) is 6.95. The molecule has 0 amide bonds. The molecule has 1 aliphatic rings. The van der Waals surface area contributed by atoms with Gasteiger partial charge in [0.15, 0.2) is 5.82 Å². The van der Waals surface area contributed by atoms with Crippen molar-refractivity contribution in [2.45, 2.75) is 38.8 Å². The standard InChI is InChI=1S/C14H21N3O4/c1-14(2,3)17-5-4-15-12(13(17)20)16-6-7-21-9-10(16)8-11(18)19/h4-5,10H,6-9H2,1-3H3,(H,18,19). The molecule has 1 saturated heterocycles. The zero-order valence-electron chi connectivity index (χ0n) is 12.6. The van der Waals surface area contributed by atoms with E-state index in [1.165, 1.54) is 0 Å². The molecule has 0 spiro atoms. The highest BCUT2D eigenvalue weighted by molar-refractivity contribution is 5.68. The van der Waals surface area contributed by atoms with E-state index in [2.05, 4.69) is 4.98 Å². The van der Waals surface area contributed by atoms with Crippen molar-refractivity contribution in [1.82, 2.24) is 9.55 Å². The van der Waals surface area contributed by atoms with Crippen LogP contribution in [0.2, 0.25) is 0 Å². The first-order valence-corrected chi connectivity index (χ1v) is 6.95. The fourth-order valence-corrected chi connectivity index (χ4v) is 2.43. The Labute approximate surface area is 123 Å². The van der Waals surface area contributed by atoms with Gasteiger partial charge >= 0.3 is 5.97 Å². The summed E-state index contributed by atoms with van der Waals surface area (Å²) in [5.41, 5.74) is -0.564. The molecule has 2 rings (SSSR count). The highest BCUT2D eigenvalue weighted by Gasteiger charge is 2.29. The van der Waals surface area contributed by atoms with Crippen molar-refractivity contribution in [3.05, 3.63) is 22.7 Å². The van der Waals surface area contributed by atoms with Crippen molar-refractivity contribution in [2.24, 2.45) is 0 Å². The Morgan fingerprint density at radius 1 is 1.52 bits per heavy atom. The van der Waals surface area contributed by atoms with E-state index in [0.29, 0.717) is 19.0 Å². The van der Waals surface area contributed by atoms with E-state index in [-0.39, 0.29) is 30.2 Å². The minimum Gasteiger partial charge on any atom is -0.481 e. The van der Waals surface area contributed by atoms with Gasteiger partial charge in [-0.1, -0.05) is 0 Å². The Hall–Kier alpha value is -1.89. The van der Waals surface area contributed by atoms with Gasteiger partial charge in [0.05, 0.1) is 25.7 Å². The second kappa shape index (κ2) is 5.85. The molecule has 0 aromatic carbocycles. The molecule has 7 nitrogen and oxygen atoms in total. The molecule has 0 bridgehead atoms. The summed E-state index contributed by atoms with van der Waals surface area (Å²) < 4.78 is 6.94. The lowest BCUT2D eigenvalue weighted by Gasteiger charge is -2.35. The van der Waals surface area contributed by atoms with Gasteiger partial charge in [-0.15, -0.1) is 0 Å². The Morgan fingerprint density at radius 2 is 2.24 bits per heavy atom. The SMILES string of the molecule is CC(C)(C)n1ccnc(N2CCOCC2CC(=O)O)c1=O. The summed E-state index contributed by atoms with van der Waals surface area (Å²) in [6.45, 7) is 7.03. The highest BCUT2D eigenvalue weighted by Crippen LogP contribution is 2.18. The van der Waals surface area contributed by atoms with Gasteiger partial charge in [-0.05, 0) is 20.8 Å². The topological polar surface area (TPSA) is 84.7 Å². The van der Waals surface area contributed by atoms with E-state index in [9.17, 15) is 9.59 Å². The van der Waals surface area contributed by atoms with Gasteiger partial charge in [-0.3, -0.25) is 9.59 Å². The van der Waals surface area contributed by atoms with Crippen molar-refractivity contribution < 1.29 is 14.6 Å². The Bertz CT molecular complexity index is 576. The van der Waals surface area contributed by atoms with Crippen LogP contribution in [0.3, 0.4) is 0 Å². The van der Waals surface area contributed by atoms with Crippen molar-refractivity contribution >= 4 is 11.8 Å². The Kier molecular flexibility index (Phi) is 4.32. The van der Waals surface area contributed by atoms with E-state index < -0.39 is 5.97 Å². The van der Waals surface area contributed by atoms with Gasteiger partial charge in [0, 0.05) is 24.5 Å². The number of hydrogen-bond acceptors (Lipinski definition) is 5. The number of anilines is 1.